The molecule has 0 spiro atoms. The van der Waals surface area contributed by atoms with E-state index in [4.69, 9.17) is 18.0 Å². The summed E-state index contributed by atoms with van der Waals surface area (Å²) in [7, 11) is 1.76. The molecule has 5 nitrogen and oxygen atoms in total. The third-order valence-corrected chi connectivity index (χ3v) is 4.97. The van der Waals surface area contributed by atoms with Gasteiger partial charge in [0.2, 0.25) is 11.8 Å². The summed E-state index contributed by atoms with van der Waals surface area (Å²) in [5.74, 6) is -0.0512. The predicted octanol–water partition coefficient (Wildman–Crippen LogP) is 0.914. The molecular formula is C14H23N3O2S. The van der Waals surface area contributed by atoms with E-state index < -0.39 is 5.41 Å². The van der Waals surface area contributed by atoms with Crippen molar-refractivity contribution in [2.24, 2.45) is 11.1 Å². The molecule has 1 saturated carbocycles. The van der Waals surface area contributed by atoms with Gasteiger partial charge >= 0.3 is 0 Å². The van der Waals surface area contributed by atoms with Gasteiger partial charge in [0.15, 0.2) is 0 Å². The number of nitrogens with two attached hydrogens (primary N) is 1. The molecule has 1 aliphatic heterocycles. The van der Waals surface area contributed by atoms with Crippen LogP contribution in [0.3, 0.4) is 0 Å². The third-order valence-electron chi connectivity index (χ3n) is 4.58. The highest BCUT2D eigenvalue weighted by Crippen LogP contribution is 2.37. The van der Waals surface area contributed by atoms with Gasteiger partial charge in [-0.1, -0.05) is 37.9 Å². The molecule has 0 unspecified atom stereocenters. The molecule has 0 aromatic heterocycles. The Morgan fingerprint density at radius 3 is 2.30 bits per heavy atom. The number of hydrogen-bond donors (Lipinski definition) is 1. The maximum Gasteiger partial charge on any atom is 0.241 e. The van der Waals surface area contributed by atoms with Crippen molar-refractivity contribution in [1.82, 2.24) is 9.80 Å². The minimum absolute atomic E-state index is 0.0173. The van der Waals surface area contributed by atoms with Crippen LogP contribution in [0.1, 0.15) is 38.5 Å². The minimum Gasteiger partial charge on any atom is -0.392 e. The summed E-state index contributed by atoms with van der Waals surface area (Å²) < 4.78 is 0. The Kier molecular flexibility index (Phi) is 4.62. The number of rotatable bonds is 2. The predicted molar refractivity (Wildman–Crippen MR) is 81.1 cm³/mol. The van der Waals surface area contributed by atoms with Gasteiger partial charge < -0.3 is 15.5 Å². The van der Waals surface area contributed by atoms with Crippen LogP contribution in [-0.4, -0.2) is 53.3 Å². The van der Waals surface area contributed by atoms with E-state index in [1.54, 1.807) is 16.8 Å². The monoisotopic (exact) mass is 297 g/mol. The Hall–Kier alpha value is -1.17. The van der Waals surface area contributed by atoms with Gasteiger partial charge in [-0.05, 0) is 12.8 Å². The lowest BCUT2D eigenvalue weighted by atomic mass is 9.78. The first-order valence-electron chi connectivity index (χ1n) is 7.30. The highest BCUT2D eigenvalue weighted by molar-refractivity contribution is 7.80. The molecule has 112 valence electrons. The fourth-order valence-electron chi connectivity index (χ4n) is 3.13. The minimum atomic E-state index is -0.720. The van der Waals surface area contributed by atoms with Gasteiger partial charge in [-0.2, -0.15) is 0 Å². The Balaban J connectivity index is 2.18. The van der Waals surface area contributed by atoms with Gasteiger partial charge in [0.05, 0.1) is 16.9 Å². The van der Waals surface area contributed by atoms with Gasteiger partial charge in [-0.15, -0.1) is 0 Å². The van der Waals surface area contributed by atoms with E-state index in [2.05, 4.69) is 0 Å². The largest absolute Gasteiger partial charge is 0.392 e. The van der Waals surface area contributed by atoms with Crippen molar-refractivity contribution < 1.29 is 9.59 Å². The quantitative estimate of drug-likeness (QED) is 0.608. The van der Waals surface area contributed by atoms with Crippen LogP contribution in [0.25, 0.3) is 0 Å². The number of piperazine rings is 1. The molecule has 0 bridgehead atoms. The number of amides is 2. The Labute approximate surface area is 125 Å². The second kappa shape index (κ2) is 6.08. The molecule has 6 heteroatoms. The summed E-state index contributed by atoms with van der Waals surface area (Å²) in [5.41, 5.74) is 5.21. The first-order valence-corrected chi connectivity index (χ1v) is 7.71. The van der Waals surface area contributed by atoms with Crippen molar-refractivity contribution >= 4 is 29.0 Å². The van der Waals surface area contributed by atoms with E-state index in [1.165, 1.54) is 0 Å². The average Bonchev–Trinajstić information content (AvgIpc) is 2.67. The van der Waals surface area contributed by atoms with Crippen LogP contribution in [0.5, 0.6) is 0 Å². The smallest absolute Gasteiger partial charge is 0.241 e. The summed E-state index contributed by atoms with van der Waals surface area (Å²) in [6, 6.07) is 0. The van der Waals surface area contributed by atoms with E-state index >= 15 is 0 Å². The van der Waals surface area contributed by atoms with Gasteiger partial charge in [0.1, 0.15) is 0 Å². The molecule has 1 heterocycles. The zero-order chi connectivity index (χ0) is 14.8. The maximum atomic E-state index is 12.9. The van der Waals surface area contributed by atoms with Crippen molar-refractivity contribution in [3.05, 3.63) is 0 Å². The van der Waals surface area contributed by atoms with Crippen molar-refractivity contribution in [2.75, 3.05) is 26.7 Å². The Morgan fingerprint density at radius 2 is 1.80 bits per heavy atom. The number of nitrogens with zero attached hydrogens (tertiary/aromatic N) is 2. The van der Waals surface area contributed by atoms with Crippen LogP contribution in [0.4, 0.5) is 0 Å². The topological polar surface area (TPSA) is 66.6 Å². The van der Waals surface area contributed by atoms with Crippen LogP contribution in [-0.2, 0) is 9.59 Å². The SMILES string of the molecule is CN1CCN(C(=O)C2(C(N)=S)CCCCCC2)CC1=O. The lowest BCUT2D eigenvalue weighted by Crippen LogP contribution is -2.57. The van der Waals surface area contributed by atoms with Crippen LogP contribution < -0.4 is 5.73 Å². The van der Waals surface area contributed by atoms with E-state index in [9.17, 15) is 9.59 Å². The van der Waals surface area contributed by atoms with Gasteiger partial charge in [0, 0.05) is 20.1 Å². The first-order chi connectivity index (χ1) is 9.47. The third kappa shape index (κ3) is 2.80. The lowest BCUT2D eigenvalue weighted by molar-refractivity contribution is -0.148. The second-order valence-electron chi connectivity index (χ2n) is 5.90. The molecule has 2 fully saturated rings. The molecule has 20 heavy (non-hydrogen) atoms. The summed E-state index contributed by atoms with van der Waals surface area (Å²) in [5, 5.41) is 0. The maximum absolute atomic E-state index is 12.9. The van der Waals surface area contributed by atoms with Crippen molar-refractivity contribution in [3.8, 4) is 0 Å². The normalized spacial score (nSPS) is 23.4. The lowest BCUT2D eigenvalue weighted by Gasteiger charge is -2.39. The fourth-order valence-corrected chi connectivity index (χ4v) is 3.42. The van der Waals surface area contributed by atoms with E-state index in [0.29, 0.717) is 18.1 Å². The molecule has 2 N–H and O–H groups in total. The average molecular weight is 297 g/mol. The first kappa shape index (κ1) is 15.2. The van der Waals surface area contributed by atoms with Crippen molar-refractivity contribution in [1.29, 1.82) is 0 Å². The van der Waals surface area contributed by atoms with Crippen LogP contribution >= 0.6 is 12.2 Å². The summed E-state index contributed by atoms with van der Waals surface area (Å²) >= 11 is 5.22. The molecular weight excluding hydrogens is 274 g/mol. The number of hydrogen-bond acceptors (Lipinski definition) is 3. The number of carbonyl (C=O) groups is 2. The molecule has 1 saturated heterocycles. The van der Waals surface area contributed by atoms with E-state index in [0.717, 1.165) is 38.5 Å². The zero-order valence-corrected chi connectivity index (χ0v) is 12.9. The van der Waals surface area contributed by atoms with E-state index in [-0.39, 0.29) is 18.4 Å². The number of likely N-dealkylation sites (N-methyl/N-ethyl adjacent to an activating group) is 1. The molecule has 0 aromatic carbocycles. The summed E-state index contributed by atoms with van der Waals surface area (Å²) in [4.78, 5) is 28.3. The summed E-state index contributed by atoms with van der Waals surface area (Å²) in [6.45, 7) is 1.31. The van der Waals surface area contributed by atoms with E-state index in [1.807, 2.05) is 0 Å². The Morgan fingerprint density at radius 1 is 1.20 bits per heavy atom. The van der Waals surface area contributed by atoms with Crippen molar-refractivity contribution in [3.63, 3.8) is 0 Å². The zero-order valence-electron chi connectivity index (χ0n) is 12.1. The van der Waals surface area contributed by atoms with Gasteiger partial charge in [-0.3, -0.25) is 9.59 Å². The molecule has 2 aliphatic rings. The van der Waals surface area contributed by atoms with Crippen LogP contribution in [0.2, 0.25) is 0 Å². The molecule has 2 rings (SSSR count). The van der Waals surface area contributed by atoms with Crippen molar-refractivity contribution in [2.45, 2.75) is 38.5 Å². The Bertz CT molecular complexity index is 417. The van der Waals surface area contributed by atoms with Gasteiger partial charge in [-0.25, -0.2) is 0 Å². The highest BCUT2D eigenvalue weighted by Gasteiger charge is 2.45. The highest BCUT2D eigenvalue weighted by atomic mass is 32.1. The molecule has 1 aliphatic carbocycles. The van der Waals surface area contributed by atoms with Crippen LogP contribution in [0.15, 0.2) is 0 Å². The molecule has 0 radical (unpaired) electrons. The molecule has 0 atom stereocenters. The molecule has 2 amide bonds. The summed E-state index contributed by atoms with van der Waals surface area (Å²) in [6.07, 6.45) is 5.65. The second-order valence-corrected chi connectivity index (χ2v) is 6.34. The standard InChI is InChI=1S/C14H23N3O2S/c1-16-8-9-17(10-11(16)18)13(19)14(12(15)20)6-4-2-3-5-7-14/h2-10H2,1H3,(H2,15,20). The molecule has 0 aromatic rings. The van der Waals surface area contributed by atoms with Gasteiger partial charge in [0.25, 0.3) is 0 Å². The fraction of sp³-hybridized carbons (Fsp3) is 0.786. The number of carbonyl (C=O) groups excluding carboxylic acids is 2. The number of thiocarbonyl (C=S) groups is 1. The van der Waals surface area contributed by atoms with Crippen LogP contribution in [0, 0.1) is 5.41 Å².